The Bertz CT molecular complexity index is 531. The molecule has 1 heterocycles. The first-order valence-corrected chi connectivity index (χ1v) is 6.11. The van der Waals surface area contributed by atoms with Crippen LogP contribution in [-0.4, -0.2) is 16.8 Å². The van der Waals surface area contributed by atoms with E-state index in [9.17, 15) is 0 Å². The maximum absolute atomic E-state index is 5.55. The molecular formula is C15H16N2O2. The summed E-state index contributed by atoms with van der Waals surface area (Å²) in [6.45, 7) is 3.08. The maximum Gasteiger partial charge on any atom is 0.247 e. The fourth-order valence-corrected chi connectivity index (χ4v) is 1.58. The fraction of sp³-hybridized carbons (Fsp3) is 0.200. The molecule has 0 unspecified atom stereocenters. The SMILES string of the molecule is C/C=C(\C=C/COCc1ccccc1)c1nnco1. The van der Waals surface area contributed by atoms with E-state index in [0.717, 1.165) is 5.57 Å². The molecule has 2 aromatic rings. The van der Waals surface area contributed by atoms with Crippen LogP contribution in [0.3, 0.4) is 0 Å². The summed E-state index contributed by atoms with van der Waals surface area (Å²) in [5, 5.41) is 7.51. The van der Waals surface area contributed by atoms with Crippen molar-refractivity contribution in [1.29, 1.82) is 0 Å². The van der Waals surface area contributed by atoms with Gasteiger partial charge in [0, 0.05) is 5.57 Å². The highest BCUT2D eigenvalue weighted by Crippen LogP contribution is 2.11. The van der Waals surface area contributed by atoms with Crippen LogP contribution in [0.25, 0.3) is 5.57 Å². The van der Waals surface area contributed by atoms with Crippen LogP contribution in [0.4, 0.5) is 0 Å². The van der Waals surface area contributed by atoms with Crippen molar-refractivity contribution in [2.24, 2.45) is 0 Å². The van der Waals surface area contributed by atoms with E-state index < -0.39 is 0 Å². The minimum absolute atomic E-state index is 0.516. The molecule has 0 N–H and O–H groups in total. The molecule has 98 valence electrons. The maximum atomic E-state index is 5.55. The Balaban J connectivity index is 1.77. The van der Waals surface area contributed by atoms with Gasteiger partial charge in [-0.15, -0.1) is 10.2 Å². The number of nitrogens with zero attached hydrogens (tertiary/aromatic N) is 2. The summed E-state index contributed by atoms with van der Waals surface area (Å²) in [7, 11) is 0. The Morgan fingerprint density at radius 1 is 1.32 bits per heavy atom. The summed E-state index contributed by atoms with van der Waals surface area (Å²) in [5.41, 5.74) is 2.06. The number of rotatable bonds is 6. The Morgan fingerprint density at radius 3 is 2.84 bits per heavy atom. The standard InChI is InChI=1S/C15H16N2O2/c1-2-14(15-17-16-12-19-15)9-6-10-18-11-13-7-4-3-5-8-13/h2-9,12H,10-11H2,1H3/b9-6-,14-2+. The van der Waals surface area contributed by atoms with Crippen molar-refractivity contribution < 1.29 is 9.15 Å². The molecule has 0 bridgehead atoms. The van der Waals surface area contributed by atoms with Crippen molar-refractivity contribution in [3.05, 3.63) is 66.4 Å². The van der Waals surface area contributed by atoms with Crippen molar-refractivity contribution >= 4 is 5.57 Å². The van der Waals surface area contributed by atoms with E-state index in [1.807, 2.05) is 55.5 Å². The smallest absolute Gasteiger partial charge is 0.247 e. The van der Waals surface area contributed by atoms with Gasteiger partial charge >= 0.3 is 0 Å². The van der Waals surface area contributed by atoms with E-state index >= 15 is 0 Å². The molecule has 4 heteroatoms. The third-order valence-electron chi connectivity index (χ3n) is 2.54. The zero-order valence-electron chi connectivity index (χ0n) is 10.8. The normalized spacial score (nSPS) is 12.2. The lowest BCUT2D eigenvalue weighted by Crippen LogP contribution is -1.92. The van der Waals surface area contributed by atoms with E-state index in [-0.39, 0.29) is 0 Å². The summed E-state index contributed by atoms with van der Waals surface area (Å²) in [6.07, 6.45) is 7.08. The fourth-order valence-electron chi connectivity index (χ4n) is 1.58. The molecule has 0 aliphatic carbocycles. The zero-order chi connectivity index (χ0) is 13.3. The van der Waals surface area contributed by atoms with Gasteiger partial charge in [0.2, 0.25) is 12.3 Å². The van der Waals surface area contributed by atoms with E-state index in [4.69, 9.17) is 9.15 Å². The summed E-state index contributed by atoms with van der Waals surface area (Å²) >= 11 is 0. The van der Waals surface area contributed by atoms with Gasteiger partial charge < -0.3 is 9.15 Å². The molecule has 0 saturated heterocycles. The third kappa shape index (κ3) is 4.19. The molecule has 2 rings (SSSR count). The van der Waals surface area contributed by atoms with Gasteiger partial charge in [-0.05, 0) is 12.5 Å². The number of benzene rings is 1. The van der Waals surface area contributed by atoms with Crippen molar-refractivity contribution in [3.63, 3.8) is 0 Å². The topological polar surface area (TPSA) is 48.2 Å². The molecule has 4 nitrogen and oxygen atoms in total. The van der Waals surface area contributed by atoms with Crippen LogP contribution < -0.4 is 0 Å². The van der Waals surface area contributed by atoms with Gasteiger partial charge in [-0.2, -0.15) is 0 Å². The molecule has 0 radical (unpaired) electrons. The van der Waals surface area contributed by atoms with Gasteiger partial charge in [-0.25, -0.2) is 0 Å². The lowest BCUT2D eigenvalue weighted by Gasteiger charge is -2.00. The Hall–Kier alpha value is -2.20. The largest absolute Gasteiger partial charge is 0.423 e. The first-order valence-electron chi connectivity index (χ1n) is 6.11. The second-order valence-corrected chi connectivity index (χ2v) is 3.89. The predicted molar refractivity (Wildman–Crippen MR) is 73.2 cm³/mol. The molecular weight excluding hydrogens is 240 g/mol. The van der Waals surface area contributed by atoms with Crippen LogP contribution in [0.15, 0.2) is 59.4 Å². The lowest BCUT2D eigenvalue weighted by atomic mass is 10.2. The first-order chi connectivity index (χ1) is 9.40. The molecule has 1 aromatic carbocycles. The molecule has 0 saturated carbocycles. The molecule has 1 aromatic heterocycles. The quantitative estimate of drug-likeness (QED) is 0.588. The number of ether oxygens (including phenoxy) is 1. The molecule has 0 atom stereocenters. The molecule has 0 fully saturated rings. The highest BCUT2D eigenvalue weighted by atomic mass is 16.5. The third-order valence-corrected chi connectivity index (χ3v) is 2.54. The van der Waals surface area contributed by atoms with Crippen LogP contribution in [0.5, 0.6) is 0 Å². The van der Waals surface area contributed by atoms with Gasteiger partial charge in [-0.3, -0.25) is 0 Å². The number of hydrogen-bond donors (Lipinski definition) is 0. The van der Waals surface area contributed by atoms with Crippen molar-refractivity contribution in [3.8, 4) is 0 Å². The summed E-state index contributed by atoms with van der Waals surface area (Å²) in [5.74, 6) is 0.516. The van der Waals surface area contributed by atoms with Gasteiger partial charge in [0.15, 0.2) is 0 Å². The zero-order valence-corrected chi connectivity index (χ0v) is 10.8. The van der Waals surface area contributed by atoms with Crippen LogP contribution >= 0.6 is 0 Å². The van der Waals surface area contributed by atoms with Crippen molar-refractivity contribution in [2.75, 3.05) is 6.61 Å². The first kappa shape index (κ1) is 13.2. The van der Waals surface area contributed by atoms with E-state index in [1.54, 1.807) is 0 Å². The lowest BCUT2D eigenvalue weighted by molar-refractivity contribution is 0.149. The Labute approximate surface area is 112 Å². The second kappa shape index (κ2) is 7.28. The molecule has 0 aliphatic heterocycles. The molecule has 0 amide bonds. The summed E-state index contributed by atoms with van der Waals surface area (Å²) in [4.78, 5) is 0. The number of allylic oxidation sites excluding steroid dienone is 3. The average Bonchev–Trinajstić information content (AvgIpc) is 2.98. The average molecular weight is 256 g/mol. The van der Waals surface area contributed by atoms with Gasteiger partial charge in [0.05, 0.1) is 13.2 Å². The minimum atomic E-state index is 0.516. The predicted octanol–water partition coefficient (Wildman–Crippen LogP) is 3.25. The van der Waals surface area contributed by atoms with E-state index in [0.29, 0.717) is 19.1 Å². The van der Waals surface area contributed by atoms with Crippen LogP contribution in [0, 0.1) is 0 Å². The van der Waals surface area contributed by atoms with E-state index in [1.165, 1.54) is 12.0 Å². The molecule has 0 spiro atoms. The Kier molecular flexibility index (Phi) is 5.07. The molecule has 0 aliphatic rings. The van der Waals surface area contributed by atoms with Crippen LogP contribution in [0.1, 0.15) is 18.4 Å². The van der Waals surface area contributed by atoms with Crippen LogP contribution in [0.2, 0.25) is 0 Å². The van der Waals surface area contributed by atoms with Gasteiger partial charge in [0.25, 0.3) is 0 Å². The van der Waals surface area contributed by atoms with Crippen molar-refractivity contribution in [1.82, 2.24) is 10.2 Å². The molecule has 19 heavy (non-hydrogen) atoms. The Morgan fingerprint density at radius 2 is 2.16 bits per heavy atom. The highest BCUT2D eigenvalue weighted by Gasteiger charge is 2.01. The van der Waals surface area contributed by atoms with Gasteiger partial charge in [-0.1, -0.05) is 48.6 Å². The van der Waals surface area contributed by atoms with Crippen molar-refractivity contribution in [2.45, 2.75) is 13.5 Å². The summed E-state index contributed by atoms with van der Waals surface area (Å²) in [6, 6.07) is 10.1. The van der Waals surface area contributed by atoms with E-state index in [2.05, 4.69) is 10.2 Å². The second-order valence-electron chi connectivity index (χ2n) is 3.89. The van der Waals surface area contributed by atoms with Crippen LogP contribution in [-0.2, 0) is 11.3 Å². The summed E-state index contributed by atoms with van der Waals surface area (Å²) < 4.78 is 10.7. The highest BCUT2D eigenvalue weighted by molar-refractivity contribution is 5.67. The van der Waals surface area contributed by atoms with Gasteiger partial charge in [0.1, 0.15) is 0 Å². The monoisotopic (exact) mass is 256 g/mol. The number of aromatic nitrogens is 2. The number of hydrogen-bond acceptors (Lipinski definition) is 4. The minimum Gasteiger partial charge on any atom is -0.423 e.